The summed E-state index contributed by atoms with van der Waals surface area (Å²) in [7, 11) is 0. The van der Waals surface area contributed by atoms with Gasteiger partial charge in [0.1, 0.15) is 0 Å². The molecule has 0 spiro atoms. The molecule has 2 aromatic carbocycles. The Morgan fingerprint density at radius 2 is 1.72 bits per heavy atom. The number of nitrogens with zero attached hydrogens (tertiary/aromatic N) is 2. The molecule has 0 amide bonds. The Morgan fingerprint density at radius 1 is 1.00 bits per heavy atom. The number of hydrogen-bond acceptors (Lipinski definition) is 3. The maximum atomic E-state index is 9.16. The highest BCUT2D eigenvalue weighted by molar-refractivity contribution is 5.97. The summed E-state index contributed by atoms with van der Waals surface area (Å²) < 4.78 is 0. The average Bonchev–Trinajstić information content (AvgIpc) is 2.47. The minimum atomic E-state index is 0.754. The second-order valence-corrected chi connectivity index (χ2v) is 4.53. The van der Waals surface area contributed by atoms with E-state index in [4.69, 9.17) is 5.26 Å². The quantitative estimate of drug-likeness (QED) is 0.825. The summed E-state index contributed by atoms with van der Waals surface area (Å²) in [6, 6.07) is 14.4. The fourth-order valence-electron chi connectivity index (χ4n) is 2.56. The molecule has 0 bridgehead atoms. The number of fused-ring (bicyclic) bond motifs is 1. The summed E-state index contributed by atoms with van der Waals surface area (Å²) >= 11 is 0. The molecule has 1 fully saturated rings. The summed E-state index contributed by atoms with van der Waals surface area (Å²) in [6.07, 6.45) is 0. The number of benzene rings is 2. The van der Waals surface area contributed by atoms with Crippen molar-refractivity contribution < 1.29 is 0 Å². The molecule has 3 rings (SSSR count). The van der Waals surface area contributed by atoms with Crippen molar-refractivity contribution in [2.45, 2.75) is 0 Å². The number of nitriles is 1. The summed E-state index contributed by atoms with van der Waals surface area (Å²) in [6.45, 7) is 4.09. The standard InChI is InChI=1S/C15H15N3/c16-11-12-5-6-15(18-9-7-17-8-10-18)14-4-2-1-3-13(12)14/h1-6,17H,7-10H2. The molecule has 0 aliphatic carbocycles. The first-order valence-electron chi connectivity index (χ1n) is 6.27. The number of anilines is 1. The van der Waals surface area contributed by atoms with Crippen molar-refractivity contribution in [3.05, 3.63) is 42.0 Å². The van der Waals surface area contributed by atoms with Crippen molar-refractivity contribution in [3.8, 4) is 6.07 Å². The predicted octanol–water partition coefficient (Wildman–Crippen LogP) is 2.12. The van der Waals surface area contributed by atoms with Crippen LogP contribution in [0.1, 0.15) is 5.56 Å². The van der Waals surface area contributed by atoms with E-state index in [0.29, 0.717) is 0 Å². The number of nitrogens with one attached hydrogen (secondary N) is 1. The van der Waals surface area contributed by atoms with Gasteiger partial charge in [0.05, 0.1) is 11.6 Å². The Hall–Kier alpha value is -2.05. The molecule has 3 nitrogen and oxygen atoms in total. The molecule has 1 aliphatic rings. The minimum Gasteiger partial charge on any atom is -0.368 e. The zero-order valence-corrected chi connectivity index (χ0v) is 10.2. The van der Waals surface area contributed by atoms with Gasteiger partial charge in [-0.25, -0.2) is 0 Å². The van der Waals surface area contributed by atoms with Gasteiger partial charge in [-0.05, 0) is 12.1 Å². The van der Waals surface area contributed by atoms with E-state index in [2.05, 4.69) is 28.4 Å². The van der Waals surface area contributed by atoms with Crippen LogP contribution < -0.4 is 10.2 Å². The molecule has 0 radical (unpaired) electrons. The van der Waals surface area contributed by atoms with Crippen LogP contribution >= 0.6 is 0 Å². The third-order valence-electron chi connectivity index (χ3n) is 3.48. The van der Waals surface area contributed by atoms with Crippen LogP contribution in [-0.4, -0.2) is 26.2 Å². The first-order chi connectivity index (χ1) is 8.90. The van der Waals surface area contributed by atoms with Crippen LogP contribution in [-0.2, 0) is 0 Å². The maximum Gasteiger partial charge on any atom is 0.0998 e. The van der Waals surface area contributed by atoms with E-state index < -0.39 is 0 Å². The molecular weight excluding hydrogens is 222 g/mol. The van der Waals surface area contributed by atoms with Gasteiger partial charge < -0.3 is 10.2 Å². The van der Waals surface area contributed by atoms with E-state index in [1.165, 1.54) is 11.1 Å². The second kappa shape index (κ2) is 4.67. The molecule has 18 heavy (non-hydrogen) atoms. The summed E-state index contributed by atoms with van der Waals surface area (Å²) in [4.78, 5) is 2.39. The lowest BCUT2D eigenvalue weighted by Gasteiger charge is -2.30. The molecule has 3 heteroatoms. The van der Waals surface area contributed by atoms with Crippen LogP contribution in [0, 0.1) is 11.3 Å². The Bertz CT molecular complexity index is 607. The number of rotatable bonds is 1. The number of hydrogen-bond donors (Lipinski definition) is 1. The molecule has 0 atom stereocenters. The molecule has 1 N–H and O–H groups in total. The third-order valence-corrected chi connectivity index (χ3v) is 3.48. The lowest BCUT2D eigenvalue weighted by atomic mass is 10.0. The first-order valence-corrected chi connectivity index (χ1v) is 6.27. The molecule has 0 unspecified atom stereocenters. The number of piperazine rings is 1. The molecule has 0 aromatic heterocycles. The van der Waals surface area contributed by atoms with E-state index in [9.17, 15) is 0 Å². The SMILES string of the molecule is N#Cc1ccc(N2CCNCC2)c2ccccc12. The van der Waals surface area contributed by atoms with Gasteiger partial charge in [-0.1, -0.05) is 24.3 Å². The molecular formula is C15H15N3. The Balaban J connectivity index is 2.15. The van der Waals surface area contributed by atoms with Crippen molar-refractivity contribution >= 4 is 16.5 Å². The Labute approximate surface area is 107 Å². The minimum absolute atomic E-state index is 0.754. The normalized spacial score (nSPS) is 15.6. The zero-order chi connectivity index (χ0) is 12.4. The molecule has 1 heterocycles. The monoisotopic (exact) mass is 237 g/mol. The Morgan fingerprint density at radius 3 is 2.44 bits per heavy atom. The van der Waals surface area contributed by atoms with Crippen LogP contribution in [0.4, 0.5) is 5.69 Å². The van der Waals surface area contributed by atoms with Gasteiger partial charge in [-0.15, -0.1) is 0 Å². The van der Waals surface area contributed by atoms with E-state index in [1.807, 2.05) is 24.3 Å². The fourth-order valence-corrected chi connectivity index (χ4v) is 2.56. The highest BCUT2D eigenvalue weighted by Crippen LogP contribution is 2.29. The summed E-state index contributed by atoms with van der Waals surface area (Å²) in [5, 5.41) is 14.8. The van der Waals surface area contributed by atoms with Crippen molar-refractivity contribution in [1.29, 1.82) is 5.26 Å². The first kappa shape index (κ1) is 11.1. The second-order valence-electron chi connectivity index (χ2n) is 4.53. The molecule has 0 saturated carbocycles. The molecule has 1 saturated heterocycles. The topological polar surface area (TPSA) is 39.1 Å². The van der Waals surface area contributed by atoms with E-state index in [0.717, 1.165) is 37.1 Å². The van der Waals surface area contributed by atoms with Crippen LogP contribution in [0.25, 0.3) is 10.8 Å². The summed E-state index contributed by atoms with van der Waals surface area (Å²) in [5.74, 6) is 0. The highest BCUT2D eigenvalue weighted by atomic mass is 15.2. The van der Waals surface area contributed by atoms with Crippen molar-refractivity contribution in [3.63, 3.8) is 0 Å². The van der Waals surface area contributed by atoms with Crippen LogP contribution in [0.15, 0.2) is 36.4 Å². The van der Waals surface area contributed by atoms with Gasteiger partial charge in [0.25, 0.3) is 0 Å². The van der Waals surface area contributed by atoms with Gasteiger partial charge in [0.15, 0.2) is 0 Å². The van der Waals surface area contributed by atoms with Gasteiger partial charge in [-0.3, -0.25) is 0 Å². The largest absolute Gasteiger partial charge is 0.368 e. The summed E-state index contributed by atoms with van der Waals surface area (Å²) in [5.41, 5.74) is 2.00. The van der Waals surface area contributed by atoms with Crippen LogP contribution in [0.5, 0.6) is 0 Å². The third kappa shape index (κ3) is 1.81. The van der Waals surface area contributed by atoms with E-state index >= 15 is 0 Å². The maximum absolute atomic E-state index is 9.16. The Kier molecular flexibility index (Phi) is 2.87. The van der Waals surface area contributed by atoms with E-state index in [1.54, 1.807) is 0 Å². The zero-order valence-electron chi connectivity index (χ0n) is 10.2. The molecule has 90 valence electrons. The predicted molar refractivity (Wildman–Crippen MR) is 73.7 cm³/mol. The van der Waals surface area contributed by atoms with Gasteiger partial charge in [0, 0.05) is 42.6 Å². The average molecular weight is 237 g/mol. The van der Waals surface area contributed by atoms with Gasteiger partial charge >= 0.3 is 0 Å². The van der Waals surface area contributed by atoms with Gasteiger partial charge in [-0.2, -0.15) is 5.26 Å². The van der Waals surface area contributed by atoms with Crippen molar-refractivity contribution in [2.75, 3.05) is 31.1 Å². The van der Waals surface area contributed by atoms with Crippen molar-refractivity contribution in [2.24, 2.45) is 0 Å². The molecule has 2 aromatic rings. The van der Waals surface area contributed by atoms with E-state index in [-0.39, 0.29) is 0 Å². The lowest BCUT2D eigenvalue weighted by Crippen LogP contribution is -2.43. The lowest BCUT2D eigenvalue weighted by molar-refractivity contribution is 0.590. The fraction of sp³-hybridized carbons (Fsp3) is 0.267. The highest BCUT2D eigenvalue weighted by Gasteiger charge is 2.14. The van der Waals surface area contributed by atoms with Crippen molar-refractivity contribution in [1.82, 2.24) is 5.32 Å². The van der Waals surface area contributed by atoms with Crippen LogP contribution in [0.3, 0.4) is 0 Å². The smallest absolute Gasteiger partial charge is 0.0998 e. The van der Waals surface area contributed by atoms with Crippen LogP contribution in [0.2, 0.25) is 0 Å². The van der Waals surface area contributed by atoms with Gasteiger partial charge in [0.2, 0.25) is 0 Å². The molecule has 1 aliphatic heterocycles.